The molecule has 2 aromatic rings. The molecule has 0 aliphatic carbocycles. The summed E-state index contributed by atoms with van der Waals surface area (Å²) in [4.78, 5) is 23.7. The van der Waals surface area contributed by atoms with Crippen LogP contribution in [0, 0.1) is 5.82 Å². The van der Waals surface area contributed by atoms with Crippen LogP contribution in [-0.4, -0.2) is 18.5 Å². The third-order valence-electron chi connectivity index (χ3n) is 3.24. The van der Waals surface area contributed by atoms with E-state index in [1.807, 2.05) is 30.3 Å². The van der Waals surface area contributed by atoms with Crippen LogP contribution in [0.15, 0.2) is 42.5 Å². The van der Waals surface area contributed by atoms with Crippen LogP contribution in [0.2, 0.25) is 10.0 Å². The van der Waals surface area contributed by atoms with Crippen molar-refractivity contribution in [1.29, 1.82) is 0 Å². The zero-order chi connectivity index (χ0) is 17.7. The summed E-state index contributed by atoms with van der Waals surface area (Å²) in [6.07, 6.45) is 0. The van der Waals surface area contributed by atoms with Crippen LogP contribution in [0.4, 0.5) is 4.39 Å². The van der Waals surface area contributed by atoms with E-state index in [9.17, 15) is 14.0 Å². The van der Waals surface area contributed by atoms with E-state index >= 15 is 0 Å². The number of benzene rings is 2. The van der Waals surface area contributed by atoms with Gasteiger partial charge in [-0.05, 0) is 24.6 Å². The molecule has 0 saturated carbocycles. The molecule has 126 valence electrons. The second-order valence-electron chi connectivity index (χ2n) is 5.02. The molecule has 0 fully saturated rings. The number of ether oxygens (including phenoxy) is 1. The van der Waals surface area contributed by atoms with Crippen LogP contribution >= 0.6 is 23.2 Å². The van der Waals surface area contributed by atoms with E-state index in [-0.39, 0.29) is 21.7 Å². The van der Waals surface area contributed by atoms with Gasteiger partial charge in [-0.3, -0.25) is 4.79 Å². The maximum atomic E-state index is 13.4. The molecule has 0 aliphatic rings. The first kappa shape index (κ1) is 18.2. The van der Waals surface area contributed by atoms with Crippen molar-refractivity contribution in [3.05, 3.63) is 69.5 Å². The molecule has 1 atom stereocenters. The van der Waals surface area contributed by atoms with Gasteiger partial charge in [0, 0.05) is 0 Å². The number of esters is 1. The fourth-order valence-corrected chi connectivity index (χ4v) is 2.46. The van der Waals surface area contributed by atoms with E-state index in [0.717, 1.165) is 17.7 Å². The summed E-state index contributed by atoms with van der Waals surface area (Å²) in [6.45, 7) is 1.30. The minimum absolute atomic E-state index is 0.0514. The Kier molecular flexibility index (Phi) is 6.17. The summed E-state index contributed by atoms with van der Waals surface area (Å²) in [5.74, 6) is -2.18. The van der Waals surface area contributed by atoms with Crippen molar-refractivity contribution in [3.8, 4) is 0 Å². The summed E-state index contributed by atoms with van der Waals surface area (Å²) in [5.41, 5.74) is 0.725. The van der Waals surface area contributed by atoms with E-state index in [4.69, 9.17) is 27.9 Å². The van der Waals surface area contributed by atoms with Crippen molar-refractivity contribution >= 4 is 35.1 Å². The minimum Gasteiger partial charge on any atom is -0.452 e. The maximum Gasteiger partial charge on any atom is 0.340 e. The fourth-order valence-electron chi connectivity index (χ4n) is 2.00. The van der Waals surface area contributed by atoms with Crippen LogP contribution in [0.5, 0.6) is 0 Å². The predicted molar refractivity (Wildman–Crippen MR) is 89.7 cm³/mol. The summed E-state index contributed by atoms with van der Waals surface area (Å²) < 4.78 is 18.3. The number of rotatable bonds is 5. The van der Waals surface area contributed by atoms with E-state index in [1.54, 1.807) is 6.92 Å². The summed E-state index contributed by atoms with van der Waals surface area (Å²) in [7, 11) is 0. The molecule has 2 aromatic carbocycles. The third-order valence-corrected chi connectivity index (χ3v) is 3.84. The van der Waals surface area contributed by atoms with Crippen LogP contribution in [-0.2, 0) is 9.53 Å². The van der Waals surface area contributed by atoms with Crippen molar-refractivity contribution < 1.29 is 18.7 Å². The van der Waals surface area contributed by atoms with Crippen LogP contribution in [0.3, 0.4) is 0 Å². The van der Waals surface area contributed by atoms with Gasteiger partial charge in [0.1, 0.15) is 5.82 Å². The minimum atomic E-state index is -0.905. The Morgan fingerprint density at radius 2 is 1.83 bits per heavy atom. The van der Waals surface area contributed by atoms with Crippen molar-refractivity contribution in [3.63, 3.8) is 0 Å². The molecule has 0 spiro atoms. The molecule has 0 aromatic heterocycles. The molecule has 0 bridgehead atoms. The summed E-state index contributed by atoms with van der Waals surface area (Å²) >= 11 is 11.4. The molecule has 7 heteroatoms. The fraction of sp³-hybridized carbons (Fsp3) is 0.176. The lowest BCUT2D eigenvalue weighted by Gasteiger charge is -2.14. The molecule has 1 N–H and O–H groups in total. The molecule has 2 rings (SSSR count). The number of amides is 1. The predicted octanol–water partition coefficient (Wildman–Crippen LogP) is 4.17. The standard InChI is InChI=1S/C17H14Cl2FNO3/c1-10(11-5-3-2-4-6-11)21-16(22)9-24-17(23)12-7-15(20)14(19)8-13(12)18/h2-8,10H,9H2,1H3,(H,21,22)/t10-/m0/s1. The Labute approximate surface area is 148 Å². The van der Waals surface area contributed by atoms with Gasteiger partial charge in [-0.2, -0.15) is 0 Å². The summed E-state index contributed by atoms with van der Waals surface area (Å²) in [5, 5.41) is 2.44. The highest BCUT2D eigenvalue weighted by Gasteiger charge is 2.17. The molecule has 0 radical (unpaired) electrons. The van der Waals surface area contributed by atoms with Crippen LogP contribution in [0.1, 0.15) is 28.9 Å². The average Bonchev–Trinajstić information content (AvgIpc) is 2.56. The third kappa shape index (κ3) is 4.69. The first-order valence-electron chi connectivity index (χ1n) is 7.04. The van der Waals surface area contributed by atoms with E-state index < -0.39 is 24.3 Å². The average molecular weight is 370 g/mol. The van der Waals surface area contributed by atoms with Gasteiger partial charge in [0.15, 0.2) is 6.61 Å². The van der Waals surface area contributed by atoms with Gasteiger partial charge in [0.25, 0.3) is 5.91 Å². The molecule has 0 unspecified atom stereocenters. The Balaban J connectivity index is 1.92. The number of carbonyl (C=O) groups excluding carboxylic acids is 2. The van der Waals surface area contributed by atoms with Gasteiger partial charge < -0.3 is 10.1 Å². The Hall–Kier alpha value is -2.11. The number of hydrogen-bond acceptors (Lipinski definition) is 3. The van der Waals surface area contributed by atoms with E-state index in [2.05, 4.69) is 5.32 Å². The monoisotopic (exact) mass is 369 g/mol. The first-order chi connectivity index (χ1) is 11.4. The Morgan fingerprint density at radius 1 is 1.17 bits per heavy atom. The van der Waals surface area contributed by atoms with Gasteiger partial charge in [0.2, 0.25) is 0 Å². The molecular formula is C17H14Cl2FNO3. The Bertz CT molecular complexity index is 753. The van der Waals surface area contributed by atoms with Crippen molar-refractivity contribution in [2.75, 3.05) is 6.61 Å². The zero-order valence-corrected chi connectivity index (χ0v) is 14.2. The molecule has 1 amide bonds. The molecule has 4 nitrogen and oxygen atoms in total. The topological polar surface area (TPSA) is 55.4 Å². The lowest BCUT2D eigenvalue weighted by molar-refractivity contribution is -0.124. The molecule has 0 saturated heterocycles. The highest BCUT2D eigenvalue weighted by Crippen LogP contribution is 2.24. The van der Waals surface area contributed by atoms with Crippen molar-refractivity contribution in [2.24, 2.45) is 0 Å². The highest BCUT2D eigenvalue weighted by molar-refractivity contribution is 6.36. The molecule has 0 heterocycles. The second-order valence-corrected chi connectivity index (χ2v) is 5.84. The van der Waals surface area contributed by atoms with Crippen LogP contribution < -0.4 is 5.32 Å². The summed E-state index contributed by atoms with van der Waals surface area (Å²) in [6, 6.07) is 11.1. The Morgan fingerprint density at radius 3 is 2.50 bits per heavy atom. The zero-order valence-electron chi connectivity index (χ0n) is 12.7. The molecular weight excluding hydrogens is 356 g/mol. The van der Waals surface area contributed by atoms with Crippen LogP contribution in [0.25, 0.3) is 0 Å². The largest absolute Gasteiger partial charge is 0.452 e. The number of nitrogens with one attached hydrogen (secondary N) is 1. The van der Waals surface area contributed by atoms with E-state index in [0.29, 0.717) is 0 Å². The maximum absolute atomic E-state index is 13.4. The quantitative estimate of drug-likeness (QED) is 0.635. The van der Waals surface area contributed by atoms with Gasteiger partial charge in [-0.25, -0.2) is 9.18 Å². The number of hydrogen-bond donors (Lipinski definition) is 1. The smallest absolute Gasteiger partial charge is 0.340 e. The molecule has 24 heavy (non-hydrogen) atoms. The highest BCUT2D eigenvalue weighted by atomic mass is 35.5. The second kappa shape index (κ2) is 8.13. The van der Waals surface area contributed by atoms with E-state index in [1.165, 1.54) is 0 Å². The van der Waals surface area contributed by atoms with Gasteiger partial charge >= 0.3 is 5.97 Å². The lowest BCUT2D eigenvalue weighted by Crippen LogP contribution is -2.31. The van der Waals surface area contributed by atoms with Gasteiger partial charge in [-0.15, -0.1) is 0 Å². The SMILES string of the molecule is C[C@H](NC(=O)COC(=O)c1cc(F)c(Cl)cc1Cl)c1ccccc1. The number of carbonyl (C=O) groups is 2. The van der Waals surface area contributed by atoms with Gasteiger partial charge in [0.05, 0.1) is 21.7 Å². The molecule has 0 aliphatic heterocycles. The lowest BCUT2D eigenvalue weighted by atomic mass is 10.1. The first-order valence-corrected chi connectivity index (χ1v) is 7.80. The normalized spacial score (nSPS) is 11.7. The van der Waals surface area contributed by atoms with Crippen molar-refractivity contribution in [1.82, 2.24) is 5.32 Å². The van der Waals surface area contributed by atoms with Gasteiger partial charge in [-0.1, -0.05) is 53.5 Å². The van der Waals surface area contributed by atoms with Crippen molar-refractivity contribution in [2.45, 2.75) is 13.0 Å². The number of halogens is 3.